The molecule has 1 amide bonds. The fourth-order valence-corrected chi connectivity index (χ4v) is 2.95. The molecule has 0 aromatic heterocycles. The molecule has 0 heterocycles. The van der Waals surface area contributed by atoms with Crippen molar-refractivity contribution in [1.82, 2.24) is 5.32 Å². The Kier molecular flexibility index (Phi) is 6.65. The third-order valence-electron chi connectivity index (χ3n) is 3.82. The number of hydrogen-bond donors (Lipinski definition) is 2. The van der Waals surface area contributed by atoms with Crippen molar-refractivity contribution in [3.63, 3.8) is 0 Å². The molecule has 0 unspecified atom stereocenters. The van der Waals surface area contributed by atoms with E-state index in [0.717, 1.165) is 18.5 Å². The summed E-state index contributed by atoms with van der Waals surface area (Å²) in [4.78, 5) is 11.9. The fourth-order valence-electron chi connectivity index (χ4n) is 2.65. The van der Waals surface area contributed by atoms with E-state index in [1.54, 1.807) is 12.1 Å². The minimum atomic E-state index is 0.120. The number of nitrogens with one attached hydrogen (secondary N) is 2. The van der Waals surface area contributed by atoms with Crippen molar-refractivity contribution < 1.29 is 4.79 Å². The Hall–Kier alpha value is -0.930. The number of benzene rings is 1. The topological polar surface area (TPSA) is 41.1 Å². The van der Waals surface area contributed by atoms with Crippen LogP contribution in [0.25, 0.3) is 0 Å². The minimum absolute atomic E-state index is 0.120. The highest BCUT2D eigenvalue weighted by Crippen LogP contribution is 2.24. The zero-order chi connectivity index (χ0) is 15.1. The molecule has 0 bridgehead atoms. The number of carbonyl (C=O) groups is 1. The van der Waals surface area contributed by atoms with Gasteiger partial charge in [0.2, 0.25) is 5.91 Å². The molecule has 1 fully saturated rings. The van der Waals surface area contributed by atoms with Gasteiger partial charge in [-0.25, -0.2) is 0 Å². The average Bonchev–Trinajstić information content (AvgIpc) is 2.71. The van der Waals surface area contributed by atoms with Crippen LogP contribution in [0.5, 0.6) is 0 Å². The maximum atomic E-state index is 11.9. The van der Waals surface area contributed by atoms with Crippen LogP contribution in [-0.4, -0.2) is 18.5 Å². The molecule has 1 aliphatic rings. The number of rotatable bonds is 5. The Morgan fingerprint density at radius 2 is 1.81 bits per heavy atom. The minimum Gasteiger partial charge on any atom is -0.384 e. The number of carbonyl (C=O) groups excluding carboxylic acids is 1. The van der Waals surface area contributed by atoms with Crippen molar-refractivity contribution in [3.05, 3.63) is 28.2 Å². The van der Waals surface area contributed by atoms with Gasteiger partial charge >= 0.3 is 0 Å². The zero-order valence-corrected chi connectivity index (χ0v) is 13.6. The van der Waals surface area contributed by atoms with Crippen LogP contribution < -0.4 is 10.6 Å². The molecule has 0 aliphatic heterocycles. The average molecular weight is 329 g/mol. The molecule has 116 valence electrons. The lowest BCUT2D eigenvalue weighted by Crippen LogP contribution is -2.35. The molecule has 21 heavy (non-hydrogen) atoms. The van der Waals surface area contributed by atoms with E-state index in [1.165, 1.54) is 25.7 Å². The lowest BCUT2D eigenvalue weighted by atomic mass is 10.1. The van der Waals surface area contributed by atoms with Crippen LogP contribution in [0.4, 0.5) is 5.69 Å². The highest BCUT2D eigenvalue weighted by Gasteiger charge is 2.14. The van der Waals surface area contributed by atoms with Gasteiger partial charge in [0, 0.05) is 24.7 Å². The van der Waals surface area contributed by atoms with E-state index in [-0.39, 0.29) is 5.91 Å². The van der Waals surface area contributed by atoms with Crippen LogP contribution in [0.2, 0.25) is 10.0 Å². The molecule has 0 atom stereocenters. The smallest absolute Gasteiger partial charge is 0.221 e. The van der Waals surface area contributed by atoms with Crippen LogP contribution in [0.1, 0.15) is 44.9 Å². The van der Waals surface area contributed by atoms with Gasteiger partial charge < -0.3 is 10.6 Å². The Morgan fingerprint density at radius 3 is 2.48 bits per heavy atom. The first-order valence-corrected chi connectivity index (χ1v) is 8.39. The van der Waals surface area contributed by atoms with Gasteiger partial charge in [-0.3, -0.25) is 4.79 Å². The second-order valence-corrected chi connectivity index (χ2v) is 6.38. The fraction of sp³-hybridized carbons (Fsp3) is 0.562. The molecule has 1 aliphatic carbocycles. The number of halogens is 2. The Labute approximate surface area is 136 Å². The van der Waals surface area contributed by atoms with Gasteiger partial charge in [-0.2, -0.15) is 0 Å². The van der Waals surface area contributed by atoms with E-state index in [1.807, 2.05) is 6.07 Å². The molecule has 2 rings (SSSR count). The van der Waals surface area contributed by atoms with Crippen LogP contribution in [0.15, 0.2) is 18.2 Å². The summed E-state index contributed by atoms with van der Waals surface area (Å²) < 4.78 is 0. The summed E-state index contributed by atoms with van der Waals surface area (Å²) in [6, 6.07) is 5.74. The molecule has 1 aromatic rings. The van der Waals surface area contributed by atoms with Gasteiger partial charge in [0.15, 0.2) is 0 Å². The van der Waals surface area contributed by atoms with Gasteiger partial charge in [-0.15, -0.1) is 0 Å². The number of hydrogen-bond acceptors (Lipinski definition) is 2. The van der Waals surface area contributed by atoms with Crippen LogP contribution in [0.3, 0.4) is 0 Å². The molecule has 5 heteroatoms. The summed E-state index contributed by atoms with van der Waals surface area (Å²) in [7, 11) is 0. The molecular formula is C16H22Cl2N2O. The van der Waals surface area contributed by atoms with Gasteiger partial charge in [-0.1, -0.05) is 48.9 Å². The van der Waals surface area contributed by atoms with Gasteiger partial charge in [0.25, 0.3) is 0 Å². The SMILES string of the molecule is O=C(CCNc1ccc(Cl)c(Cl)c1)NC1CCCCCC1. The zero-order valence-electron chi connectivity index (χ0n) is 12.1. The van der Waals surface area contributed by atoms with Crippen LogP contribution in [-0.2, 0) is 4.79 Å². The monoisotopic (exact) mass is 328 g/mol. The van der Waals surface area contributed by atoms with Gasteiger partial charge in [0.05, 0.1) is 10.0 Å². The molecule has 0 radical (unpaired) electrons. The first kappa shape index (κ1) is 16.4. The largest absolute Gasteiger partial charge is 0.384 e. The predicted octanol–water partition coefficient (Wildman–Crippen LogP) is 4.63. The summed E-state index contributed by atoms with van der Waals surface area (Å²) >= 11 is 11.8. The van der Waals surface area contributed by atoms with Crippen molar-refractivity contribution in [2.45, 2.75) is 51.0 Å². The maximum absolute atomic E-state index is 11.9. The van der Waals surface area contributed by atoms with E-state index >= 15 is 0 Å². The molecule has 2 N–H and O–H groups in total. The maximum Gasteiger partial charge on any atom is 0.221 e. The van der Waals surface area contributed by atoms with Crippen molar-refractivity contribution in [2.24, 2.45) is 0 Å². The second-order valence-electron chi connectivity index (χ2n) is 5.56. The first-order valence-electron chi connectivity index (χ1n) is 7.63. The van der Waals surface area contributed by atoms with E-state index in [0.29, 0.717) is 29.1 Å². The highest BCUT2D eigenvalue weighted by atomic mass is 35.5. The van der Waals surface area contributed by atoms with E-state index in [4.69, 9.17) is 23.2 Å². The Bertz CT molecular complexity index is 471. The Balaban J connectivity index is 1.69. The Morgan fingerprint density at radius 1 is 1.10 bits per heavy atom. The third kappa shape index (κ3) is 5.76. The number of anilines is 1. The van der Waals surface area contributed by atoms with E-state index in [9.17, 15) is 4.79 Å². The van der Waals surface area contributed by atoms with Crippen molar-refractivity contribution in [3.8, 4) is 0 Å². The summed E-state index contributed by atoms with van der Waals surface area (Å²) in [6.07, 6.45) is 7.75. The molecule has 0 saturated heterocycles. The summed E-state index contributed by atoms with van der Waals surface area (Å²) in [5.74, 6) is 0.120. The molecule has 1 aromatic carbocycles. The summed E-state index contributed by atoms with van der Waals surface area (Å²) in [5.41, 5.74) is 0.881. The normalized spacial score (nSPS) is 16.3. The molecule has 1 saturated carbocycles. The quantitative estimate of drug-likeness (QED) is 0.773. The lowest BCUT2D eigenvalue weighted by Gasteiger charge is -2.16. The standard InChI is InChI=1S/C16H22Cl2N2O/c17-14-8-7-13(11-15(14)18)19-10-9-16(21)20-12-5-3-1-2-4-6-12/h7-8,11-12,19H,1-6,9-10H2,(H,20,21). The number of amides is 1. The van der Waals surface area contributed by atoms with Crippen molar-refractivity contribution >= 4 is 34.8 Å². The van der Waals surface area contributed by atoms with E-state index in [2.05, 4.69) is 10.6 Å². The van der Waals surface area contributed by atoms with E-state index < -0.39 is 0 Å². The molecule has 0 spiro atoms. The summed E-state index contributed by atoms with van der Waals surface area (Å²) in [6.45, 7) is 0.594. The molecular weight excluding hydrogens is 307 g/mol. The summed E-state index contributed by atoms with van der Waals surface area (Å²) in [5, 5.41) is 7.38. The van der Waals surface area contributed by atoms with Crippen LogP contribution in [0, 0.1) is 0 Å². The third-order valence-corrected chi connectivity index (χ3v) is 4.56. The van der Waals surface area contributed by atoms with Crippen molar-refractivity contribution in [2.75, 3.05) is 11.9 Å². The van der Waals surface area contributed by atoms with Crippen LogP contribution >= 0.6 is 23.2 Å². The molecule has 3 nitrogen and oxygen atoms in total. The van der Waals surface area contributed by atoms with Gasteiger partial charge in [-0.05, 0) is 31.0 Å². The lowest BCUT2D eigenvalue weighted by molar-refractivity contribution is -0.121. The van der Waals surface area contributed by atoms with Crippen molar-refractivity contribution in [1.29, 1.82) is 0 Å². The van der Waals surface area contributed by atoms with Gasteiger partial charge in [0.1, 0.15) is 0 Å². The second kappa shape index (κ2) is 8.50. The predicted molar refractivity (Wildman–Crippen MR) is 89.2 cm³/mol. The highest BCUT2D eigenvalue weighted by molar-refractivity contribution is 6.42. The first-order chi connectivity index (χ1) is 10.1.